The lowest BCUT2D eigenvalue weighted by Crippen LogP contribution is -2.32. The number of aliphatic hydroxyl groups is 1. The van der Waals surface area contributed by atoms with Crippen molar-refractivity contribution in [3.63, 3.8) is 0 Å². The number of benzene rings is 2. The Labute approximate surface area is 183 Å². The van der Waals surface area contributed by atoms with Crippen LogP contribution in [0.25, 0.3) is 5.76 Å². The number of rotatable bonds is 8. The number of aryl methyl sites for hydroxylation is 1. The lowest BCUT2D eigenvalue weighted by molar-refractivity contribution is -0.139. The number of Topliss-reactive ketones (excluding diaryl/α,β-unsaturated/α-hetero) is 1. The lowest BCUT2D eigenvalue weighted by atomic mass is 9.94. The van der Waals surface area contributed by atoms with Gasteiger partial charge in [-0.1, -0.05) is 43.3 Å². The molecule has 1 amide bonds. The highest BCUT2D eigenvalue weighted by Gasteiger charge is 2.45. The highest BCUT2D eigenvalue weighted by atomic mass is 16.5. The molecule has 164 valence electrons. The maximum Gasteiger partial charge on any atom is 0.295 e. The van der Waals surface area contributed by atoms with Crippen molar-refractivity contribution in [2.45, 2.75) is 25.8 Å². The van der Waals surface area contributed by atoms with Crippen molar-refractivity contribution in [1.82, 2.24) is 9.80 Å². The predicted octanol–water partition coefficient (Wildman–Crippen LogP) is 3.63. The van der Waals surface area contributed by atoms with E-state index in [9.17, 15) is 14.7 Å². The van der Waals surface area contributed by atoms with Crippen LogP contribution in [0.1, 0.15) is 36.1 Å². The van der Waals surface area contributed by atoms with Gasteiger partial charge in [-0.15, -0.1) is 0 Å². The number of carbonyl (C=O) groups is 2. The van der Waals surface area contributed by atoms with Crippen LogP contribution in [0.5, 0.6) is 5.75 Å². The minimum Gasteiger partial charge on any atom is -0.507 e. The van der Waals surface area contributed by atoms with Crippen molar-refractivity contribution in [2.75, 3.05) is 34.3 Å². The average Bonchev–Trinajstić information content (AvgIpc) is 3.03. The Morgan fingerprint density at radius 3 is 2.45 bits per heavy atom. The van der Waals surface area contributed by atoms with Gasteiger partial charge in [0.25, 0.3) is 11.7 Å². The molecule has 6 nitrogen and oxygen atoms in total. The summed E-state index contributed by atoms with van der Waals surface area (Å²) < 4.78 is 5.25. The van der Waals surface area contributed by atoms with Gasteiger partial charge in [-0.05, 0) is 56.7 Å². The molecule has 6 heteroatoms. The second-order valence-corrected chi connectivity index (χ2v) is 7.98. The van der Waals surface area contributed by atoms with E-state index in [1.165, 1.54) is 12.7 Å². The van der Waals surface area contributed by atoms with Crippen LogP contribution in [0.15, 0.2) is 54.1 Å². The van der Waals surface area contributed by atoms with E-state index in [2.05, 4.69) is 6.92 Å². The maximum absolute atomic E-state index is 13.0. The topological polar surface area (TPSA) is 70.1 Å². The van der Waals surface area contributed by atoms with Crippen LogP contribution in [-0.2, 0) is 16.0 Å². The van der Waals surface area contributed by atoms with Crippen molar-refractivity contribution in [3.05, 3.63) is 70.8 Å². The zero-order chi connectivity index (χ0) is 22.5. The Bertz CT molecular complexity index is 979. The molecule has 1 aliphatic heterocycles. The molecular weight excluding hydrogens is 392 g/mol. The Hall–Kier alpha value is -3.12. The van der Waals surface area contributed by atoms with E-state index in [0.717, 1.165) is 24.9 Å². The van der Waals surface area contributed by atoms with Crippen molar-refractivity contribution >= 4 is 17.4 Å². The number of hydrogen-bond donors (Lipinski definition) is 1. The molecule has 1 aliphatic rings. The summed E-state index contributed by atoms with van der Waals surface area (Å²) >= 11 is 0. The van der Waals surface area contributed by atoms with E-state index >= 15 is 0 Å². The molecule has 0 saturated carbocycles. The van der Waals surface area contributed by atoms with Crippen molar-refractivity contribution in [2.24, 2.45) is 0 Å². The van der Waals surface area contributed by atoms with Gasteiger partial charge < -0.3 is 19.6 Å². The molecular formula is C25H30N2O4. The van der Waals surface area contributed by atoms with Crippen LogP contribution < -0.4 is 4.74 Å². The highest BCUT2D eigenvalue weighted by molar-refractivity contribution is 6.46. The Balaban J connectivity index is 2.09. The standard InChI is InChI=1S/C25H30N2O4/c1-5-17-10-12-18(13-11-17)22-21(23(28)19-8-6-9-20(16-19)31-4)24(29)25(30)27(22)15-7-14-26(2)3/h6,8-13,16,22,28H,5,7,14-15H2,1-4H3/b23-21-. The molecule has 0 radical (unpaired) electrons. The monoisotopic (exact) mass is 422 g/mol. The van der Waals surface area contributed by atoms with Crippen LogP contribution in [0.2, 0.25) is 0 Å². The lowest BCUT2D eigenvalue weighted by Gasteiger charge is -2.26. The molecule has 1 heterocycles. The summed E-state index contributed by atoms with van der Waals surface area (Å²) in [5, 5.41) is 11.1. The molecule has 0 spiro atoms. The van der Waals surface area contributed by atoms with Gasteiger partial charge >= 0.3 is 0 Å². The number of aliphatic hydroxyl groups excluding tert-OH is 1. The second-order valence-electron chi connectivity index (χ2n) is 7.98. The molecule has 0 aliphatic carbocycles. The smallest absolute Gasteiger partial charge is 0.295 e. The fourth-order valence-corrected chi connectivity index (χ4v) is 3.88. The fourth-order valence-electron chi connectivity index (χ4n) is 3.88. The largest absolute Gasteiger partial charge is 0.507 e. The first-order chi connectivity index (χ1) is 14.9. The summed E-state index contributed by atoms with van der Waals surface area (Å²) in [7, 11) is 5.48. The van der Waals surface area contributed by atoms with Gasteiger partial charge in [0.15, 0.2) is 0 Å². The molecule has 3 rings (SSSR count). The van der Waals surface area contributed by atoms with Gasteiger partial charge in [-0.25, -0.2) is 0 Å². The molecule has 1 saturated heterocycles. The van der Waals surface area contributed by atoms with Gasteiger partial charge in [0, 0.05) is 12.1 Å². The molecule has 2 aromatic carbocycles. The SMILES string of the molecule is CCc1ccc(C2/C(=C(/O)c3cccc(OC)c3)C(=O)C(=O)N2CCCN(C)C)cc1. The van der Waals surface area contributed by atoms with E-state index in [0.29, 0.717) is 17.9 Å². The Morgan fingerprint density at radius 1 is 1.13 bits per heavy atom. The van der Waals surface area contributed by atoms with Gasteiger partial charge in [0.1, 0.15) is 11.5 Å². The van der Waals surface area contributed by atoms with Crippen molar-refractivity contribution in [1.29, 1.82) is 0 Å². The molecule has 2 aromatic rings. The molecule has 1 fully saturated rings. The number of likely N-dealkylation sites (tertiary alicyclic amines) is 1. The van der Waals surface area contributed by atoms with Gasteiger partial charge in [0.05, 0.1) is 18.7 Å². The summed E-state index contributed by atoms with van der Waals surface area (Å²) in [4.78, 5) is 29.6. The fraction of sp³-hybridized carbons (Fsp3) is 0.360. The number of amides is 1. The summed E-state index contributed by atoms with van der Waals surface area (Å²) in [5.41, 5.74) is 2.54. The first-order valence-electron chi connectivity index (χ1n) is 10.5. The summed E-state index contributed by atoms with van der Waals surface area (Å²) in [6, 6.07) is 14.1. The van der Waals surface area contributed by atoms with E-state index in [-0.39, 0.29) is 11.3 Å². The van der Waals surface area contributed by atoms with E-state index in [4.69, 9.17) is 4.74 Å². The quantitative estimate of drug-likeness (QED) is 0.400. The Kier molecular flexibility index (Phi) is 7.13. The normalized spacial score (nSPS) is 18.1. The van der Waals surface area contributed by atoms with E-state index in [1.807, 2.05) is 43.3 Å². The minimum atomic E-state index is -0.658. The minimum absolute atomic E-state index is 0.118. The van der Waals surface area contributed by atoms with Crippen LogP contribution in [-0.4, -0.2) is 60.9 Å². The third-order valence-electron chi connectivity index (χ3n) is 5.59. The zero-order valence-electron chi connectivity index (χ0n) is 18.6. The first kappa shape index (κ1) is 22.6. The molecule has 0 aromatic heterocycles. The van der Waals surface area contributed by atoms with Gasteiger partial charge in [-0.2, -0.15) is 0 Å². The third kappa shape index (κ3) is 4.80. The third-order valence-corrected chi connectivity index (χ3v) is 5.59. The average molecular weight is 423 g/mol. The number of nitrogens with zero attached hydrogens (tertiary/aromatic N) is 2. The van der Waals surface area contributed by atoms with Gasteiger partial charge in [-0.3, -0.25) is 9.59 Å². The molecule has 1 N–H and O–H groups in total. The summed E-state index contributed by atoms with van der Waals surface area (Å²) in [6.45, 7) is 3.29. The van der Waals surface area contributed by atoms with E-state index in [1.54, 1.807) is 29.2 Å². The van der Waals surface area contributed by atoms with Crippen molar-refractivity contribution in [3.8, 4) is 5.75 Å². The first-order valence-corrected chi connectivity index (χ1v) is 10.5. The predicted molar refractivity (Wildman–Crippen MR) is 121 cm³/mol. The number of carbonyl (C=O) groups excluding carboxylic acids is 2. The number of ketones is 1. The zero-order valence-corrected chi connectivity index (χ0v) is 18.6. The molecule has 31 heavy (non-hydrogen) atoms. The van der Waals surface area contributed by atoms with Crippen LogP contribution in [0, 0.1) is 0 Å². The number of ether oxygens (including phenoxy) is 1. The number of hydrogen-bond acceptors (Lipinski definition) is 5. The summed E-state index contributed by atoms with van der Waals surface area (Å²) in [5.74, 6) is -0.854. The highest BCUT2D eigenvalue weighted by Crippen LogP contribution is 2.39. The number of methoxy groups -OCH3 is 1. The molecule has 0 bridgehead atoms. The van der Waals surface area contributed by atoms with Gasteiger partial charge in [0.2, 0.25) is 0 Å². The maximum atomic E-state index is 13.0. The molecule has 1 unspecified atom stereocenters. The van der Waals surface area contributed by atoms with Crippen LogP contribution >= 0.6 is 0 Å². The van der Waals surface area contributed by atoms with E-state index < -0.39 is 17.7 Å². The van der Waals surface area contributed by atoms with Crippen molar-refractivity contribution < 1.29 is 19.4 Å². The Morgan fingerprint density at radius 2 is 1.84 bits per heavy atom. The summed E-state index contributed by atoms with van der Waals surface area (Å²) in [6.07, 6.45) is 1.62. The molecule has 1 atom stereocenters. The van der Waals surface area contributed by atoms with Crippen LogP contribution in [0.3, 0.4) is 0 Å². The second kappa shape index (κ2) is 9.79. The van der Waals surface area contributed by atoms with Crippen LogP contribution in [0.4, 0.5) is 0 Å².